The minimum Gasteiger partial charge on any atom is -0.375 e. The Morgan fingerprint density at radius 1 is 1.43 bits per heavy atom. The number of hydrogen-bond acceptors (Lipinski definition) is 4. The average Bonchev–Trinajstić information content (AvgIpc) is 2.53. The molecule has 0 saturated carbocycles. The Morgan fingerprint density at radius 2 is 2.07 bits per heavy atom. The molecule has 1 N–H and O–H groups in total. The van der Waals surface area contributed by atoms with E-state index in [1.165, 1.54) is 0 Å². The Hall–Kier alpha value is -1.07. The average molecular weight is 199 g/mol. The number of aromatic nitrogens is 2. The molecule has 1 aromatic heterocycles. The fourth-order valence-electron chi connectivity index (χ4n) is 1.33. The highest BCUT2D eigenvalue weighted by molar-refractivity contribution is 5.39. The Balaban J connectivity index is 2.51. The van der Waals surface area contributed by atoms with Crippen LogP contribution >= 0.6 is 0 Å². The van der Waals surface area contributed by atoms with Gasteiger partial charge in [0.25, 0.3) is 0 Å². The topological polar surface area (TPSA) is 48.3 Å². The van der Waals surface area contributed by atoms with Gasteiger partial charge in [-0.2, -0.15) is 5.10 Å². The summed E-state index contributed by atoms with van der Waals surface area (Å²) in [6.07, 6.45) is 3.41. The maximum Gasteiger partial charge on any atom is 0.176 e. The number of ether oxygens (including phenoxy) is 2. The molecule has 0 aromatic carbocycles. The third kappa shape index (κ3) is 2.71. The number of aryl methyl sites for hydroxylation is 1. The van der Waals surface area contributed by atoms with Crippen LogP contribution in [-0.2, 0) is 16.5 Å². The Labute approximate surface area is 84.0 Å². The highest BCUT2D eigenvalue weighted by atomic mass is 16.7. The predicted molar refractivity (Wildman–Crippen MR) is 54.1 cm³/mol. The van der Waals surface area contributed by atoms with Crippen molar-refractivity contribution in [2.75, 3.05) is 19.5 Å². The molecule has 0 radical (unpaired) electrons. The summed E-state index contributed by atoms with van der Waals surface area (Å²) >= 11 is 0. The molecule has 0 aliphatic rings. The molecule has 1 atom stereocenters. The van der Waals surface area contributed by atoms with Crippen molar-refractivity contribution in [1.82, 2.24) is 9.78 Å². The lowest BCUT2D eigenvalue weighted by atomic mass is 10.3. The van der Waals surface area contributed by atoms with Crippen LogP contribution in [0.4, 0.5) is 5.69 Å². The molecule has 0 spiro atoms. The zero-order valence-electron chi connectivity index (χ0n) is 9.02. The molecule has 0 aliphatic carbocycles. The Morgan fingerprint density at radius 3 is 2.50 bits per heavy atom. The maximum absolute atomic E-state index is 5.13. The predicted octanol–water partition coefficient (Wildman–Crippen LogP) is 0.839. The molecule has 80 valence electrons. The monoisotopic (exact) mass is 199 g/mol. The second-order valence-electron chi connectivity index (χ2n) is 3.18. The smallest absolute Gasteiger partial charge is 0.176 e. The van der Waals surface area contributed by atoms with Crippen LogP contribution in [-0.4, -0.2) is 36.3 Å². The first-order valence-electron chi connectivity index (χ1n) is 4.48. The first-order chi connectivity index (χ1) is 6.67. The second kappa shape index (κ2) is 4.97. The van der Waals surface area contributed by atoms with Gasteiger partial charge in [-0.3, -0.25) is 4.68 Å². The summed E-state index contributed by atoms with van der Waals surface area (Å²) in [5.74, 6) is 0. The van der Waals surface area contributed by atoms with Gasteiger partial charge in [0.1, 0.15) is 0 Å². The lowest BCUT2D eigenvalue weighted by molar-refractivity contribution is -0.109. The van der Waals surface area contributed by atoms with Gasteiger partial charge in [0.15, 0.2) is 6.29 Å². The van der Waals surface area contributed by atoms with Crippen LogP contribution in [0.15, 0.2) is 12.4 Å². The summed E-state index contributed by atoms with van der Waals surface area (Å²) in [5.41, 5.74) is 0.958. The third-order valence-electron chi connectivity index (χ3n) is 1.97. The highest BCUT2D eigenvalue weighted by Crippen LogP contribution is 2.09. The largest absolute Gasteiger partial charge is 0.375 e. The highest BCUT2D eigenvalue weighted by Gasteiger charge is 2.15. The molecular weight excluding hydrogens is 182 g/mol. The molecule has 5 heteroatoms. The van der Waals surface area contributed by atoms with Gasteiger partial charge < -0.3 is 14.8 Å². The lowest BCUT2D eigenvalue weighted by Gasteiger charge is -2.22. The first-order valence-corrected chi connectivity index (χ1v) is 4.48. The van der Waals surface area contributed by atoms with Crippen molar-refractivity contribution in [3.8, 4) is 0 Å². The molecule has 1 rings (SSSR count). The van der Waals surface area contributed by atoms with Crippen LogP contribution in [0.2, 0.25) is 0 Å². The Kier molecular flexibility index (Phi) is 3.91. The normalized spacial score (nSPS) is 13.2. The second-order valence-corrected chi connectivity index (χ2v) is 3.18. The summed E-state index contributed by atoms with van der Waals surface area (Å²) in [7, 11) is 5.12. The van der Waals surface area contributed by atoms with Crippen molar-refractivity contribution in [1.29, 1.82) is 0 Å². The molecule has 14 heavy (non-hydrogen) atoms. The van der Waals surface area contributed by atoms with Gasteiger partial charge in [0, 0.05) is 27.5 Å². The van der Waals surface area contributed by atoms with Gasteiger partial charge in [-0.15, -0.1) is 0 Å². The summed E-state index contributed by atoms with van der Waals surface area (Å²) < 4.78 is 12.0. The lowest BCUT2D eigenvalue weighted by Crippen LogP contribution is -2.33. The van der Waals surface area contributed by atoms with E-state index in [2.05, 4.69) is 10.4 Å². The minimum absolute atomic E-state index is 0.0780. The van der Waals surface area contributed by atoms with Crippen LogP contribution in [0.25, 0.3) is 0 Å². The van der Waals surface area contributed by atoms with Crippen LogP contribution in [0.1, 0.15) is 6.92 Å². The molecule has 0 amide bonds. The first kappa shape index (κ1) is 11.0. The molecule has 0 saturated heterocycles. The van der Waals surface area contributed by atoms with E-state index in [1.54, 1.807) is 25.1 Å². The number of rotatable bonds is 5. The minimum atomic E-state index is -0.254. The van der Waals surface area contributed by atoms with Gasteiger partial charge in [-0.05, 0) is 6.92 Å². The summed E-state index contributed by atoms with van der Waals surface area (Å²) in [5, 5.41) is 7.28. The van der Waals surface area contributed by atoms with Crippen molar-refractivity contribution in [2.45, 2.75) is 19.3 Å². The third-order valence-corrected chi connectivity index (χ3v) is 1.97. The van der Waals surface area contributed by atoms with E-state index >= 15 is 0 Å². The zero-order valence-corrected chi connectivity index (χ0v) is 9.02. The molecule has 0 bridgehead atoms. The number of anilines is 1. The quantitative estimate of drug-likeness (QED) is 0.714. The zero-order chi connectivity index (χ0) is 10.6. The molecule has 0 fully saturated rings. The molecule has 0 aliphatic heterocycles. The van der Waals surface area contributed by atoms with E-state index in [0.717, 1.165) is 5.69 Å². The van der Waals surface area contributed by atoms with Crippen LogP contribution in [0, 0.1) is 0 Å². The van der Waals surface area contributed by atoms with Gasteiger partial charge in [0.05, 0.1) is 17.9 Å². The fraction of sp³-hybridized carbons (Fsp3) is 0.667. The molecule has 1 unspecified atom stereocenters. The van der Waals surface area contributed by atoms with E-state index in [9.17, 15) is 0 Å². The maximum atomic E-state index is 5.13. The summed E-state index contributed by atoms with van der Waals surface area (Å²) in [4.78, 5) is 0. The van der Waals surface area contributed by atoms with Gasteiger partial charge in [-0.25, -0.2) is 0 Å². The molecule has 1 heterocycles. The number of nitrogens with zero attached hydrogens (tertiary/aromatic N) is 2. The van der Waals surface area contributed by atoms with E-state index in [4.69, 9.17) is 9.47 Å². The standard InChI is InChI=1S/C9H17N3O2/c1-7(9(13-3)14-4)11-8-5-10-12(2)6-8/h5-7,9,11H,1-4H3. The van der Waals surface area contributed by atoms with E-state index < -0.39 is 0 Å². The summed E-state index contributed by atoms with van der Waals surface area (Å²) in [6.45, 7) is 1.99. The molecule has 5 nitrogen and oxygen atoms in total. The van der Waals surface area contributed by atoms with Crippen molar-refractivity contribution >= 4 is 5.69 Å². The summed E-state index contributed by atoms with van der Waals surface area (Å²) in [6, 6.07) is 0.0780. The van der Waals surface area contributed by atoms with E-state index in [1.807, 2.05) is 20.2 Å². The van der Waals surface area contributed by atoms with Crippen molar-refractivity contribution < 1.29 is 9.47 Å². The van der Waals surface area contributed by atoms with Gasteiger partial charge >= 0.3 is 0 Å². The van der Waals surface area contributed by atoms with Crippen LogP contribution in [0.3, 0.4) is 0 Å². The molecular formula is C9H17N3O2. The van der Waals surface area contributed by atoms with Crippen molar-refractivity contribution in [2.24, 2.45) is 7.05 Å². The Bertz CT molecular complexity index is 271. The van der Waals surface area contributed by atoms with Crippen molar-refractivity contribution in [3.63, 3.8) is 0 Å². The SMILES string of the molecule is COC(OC)C(C)Nc1cnn(C)c1. The van der Waals surface area contributed by atoms with Gasteiger partial charge in [-0.1, -0.05) is 0 Å². The fourth-order valence-corrected chi connectivity index (χ4v) is 1.33. The number of nitrogens with one attached hydrogen (secondary N) is 1. The van der Waals surface area contributed by atoms with Gasteiger partial charge in [0.2, 0.25) is 0 Å². The number of methoxy groups -OCH3 is 2. The van der Waals surface area contributed by atoms with E-state index in [-0.39, 0.29) is 12.3 Å². The number of hydrogen-bond donors (Lipinski definition) is 1. The molecule has 1 aromatic rings. The van der Waals surface area contributed by atoms with Crippen LogP contribution < -0.4 is 5.32 Å². The van der Waals surface area contributed by atoms with E-state index in [0.29, 0.717) is 0 Å². The van der Waals surface area contributed by atoms with Crippen LogP contribution in [0.5, 0.6) is 0 Å². The van der Waals surface area contributed by atoms with Crippen molar-refractivity contribution in [3.05, 3.63) is 12.4 Å².